The van der Waals surface area contributed by atoms with Gasteiger partial charge < -0.3 is 15.7 Å². The van der Waals surface area contributed by atoms with Crippen molar-refractivity contribution in [3.8, 4) is 0 Å². The zero-order valence-corrected chi connectivity index (χ0v) is 11.0. The van der Waals surface area contributed by atoms with Crippen LogP contribution in [0.1, 0.15) is 38.4 Å². The number of nitrogens with zero attached hydrogens (tertiary/aromatic N) is 3. The maximum atomic E-state index is 9.24. The quantitative estimate of drug-likeness (QED) is 0.825. The fourth-order valence-electron chi connectivity index (χ4n) is 2.62. The van der Waals surface area contributed by atoms with Gasteiger partial charge in [-0.3, -0.25) is 0 Å². The normalized spacial score (nSPS) is 16.1. The summed E-state index contributed by atoms with van der Waals surface area (Å²) in [4.78, 5) is 10.9. The Morgan fingerprint density at radius 3 is 2.72 bits per heavy atom. The predicted molar refractivity (Wildman–Crippen MR) is 72.5 cm³/mol. The van der Waals surface area contributed by atoms with Crippen LogP contribution in [0.3, 0.4) is 0 Å². The number of hydrogen-bond donors (Lipinski definition) is 2. The molecule has 100 valence electrons. The second kappa shape index (κ2) is 6.00. The Bertz CT molecular complexity index is 391. The van der Waals surface area contributed by atoms with Gasteiger partial charge in [0.1, 0.15) is 17.5 Å². The molecule has 1 aromatic heterocycles. The van der Waals surface area contributed by atoms with Gasteiger partial charge >= 0.3 is 0 Å². The lowest BCUT2D eigenvalue weighted by molar-refractivity contribution is 0.296. The van der Waals surface area contributed by atoms with E-state index in [9.17, 15) is 5.11 Å². The molecule has 1 aliphatic carbocycles. The molecule has 0 unspecified atom stereocenters. The first kappa shape index (κ1) is 13.1. The van der Waals surface area contributed by atoms with Crippen molar-refractivity contribution >= 4 is 11.6 Å². The van der Waals surface area contributed by atoms with Crippen LogP contribution in [0.25, 0.3) is 0 Å². The summed E-state index contributed by atoms with van der Waals surface area (Å²) in [6, 6.07) is 2.30. The molecular weight excluding hydrogens is 228 g/mol. The summed E-state index contributed by atoms with van der Waals surface area (Å²) in [5.74, 6) is 2.14. The molecule has 1 fully saturated rings. The molecule has 1 aromatic rings. The average Bonchev–Trinajstić information content (AvgIpc) is 2.88. The fourth-order valence-corrected chi connectivity index (χ4v) is 2.62. The lowest BCUT2D eigenvalue weighted by Crippen LogP contribution is -2.36. The van der Waals surface area contributed by atoms with Crippen LogP contribution in [-0.4, -0.2) is 34.3 Å². The number of anilines is 2. The van der Waals surface area contributed by atoms with E-state index in [1.807, 2.05) is 13.0 Å². The van der Waals surface area contributed by atoms with Crippen molar-refractivity contribution in [2.24, 2.45) is 0 Å². The van der Waals surface area contributed by atoms with Gasteiger partial charge in [0.25, 0.3) is 0 Å². The molecule has 1 aliphatic rings. The monoisotopic (exact) mass is 250 g/mol. The highest BCUT2D eigenvalue weighted by Crippen LogP contribution is 2.27. The van der Waals surface area contributed by atoms with E-state index in [0.29, 0.717) is 18.4 Å². The third kappa shape index (κ3) is 2.90. The topological polar surface area (TPSA) is 75.3 Å². The molecular formula is C13H22N4O. The van der Waals surface area contributed by atoms with Crippen molar-refractivity contribution in [2.75, 3.05) is 23.8 Å². The number of hydrogen-bond acceptors (Lipinski definition) is 5. The molecule has 0 bridgehead atoms. The number of rotatable bonds is 5. The molecule has 0 aromatic carbocycles. The molecule has 1 saturated carbocycles. The zero-order chi connectivity index (χ0) is 13.0. The molecule has 18 heavy (non-hydrogen) atoms. The van der Waals surface area contributed by atoms with Crippen molar-refractivity contribution in [1.82, 2.24) is 9.97 Å². The van der Waals surface area contributed by atoms with Gasteiger partial charge in [0.15, 0.2) is 0 Å². The van der Waals surface area contributed by atoms with Crippen LogP contribution >= 0.6 is 0 Å². The number of nitrogen functional groups attached to an aromatic ring is 1. The van der Waals surface area contributed by atoms with Crippen LogP contribution < -0.4 is 10.6 Å². The standard InChI is InChI=1S/C13H22N4O/c1-2-12-15-11(14)9-13(16-12)17(7-8-18)10-5-3-4-6-10/h9-10,18H,2-8H2,1H3,(H2,14,15,16). The Labute approximate surface area is 108 Å². The van der Waals surface area contributed by atoms with E-state index in [0.717, 1.165) is 18.1 Å². The molecule has 0 saturated heterocycles. The van der Waals surface area contributed by atoms with Gasteiger partial charge in [-0.2, -0.15) is 0 Å². The predicted octanol–water partition coefficient (Wildman–Crippen LogP) is 1.36. The molecule has 3 N–H and O–H groups in total. The van der Waals surface area contributed by atoms with Crippen LogP contribution in [0.5, 0.6) is 0 Å². The summed E-state index contributed by atoms with van der Waals surface area (Å²) in [6.07, 6.45) is 5.63. The van der Waals surface area contributed by atoms with E-state index in [2.05, 4.69) is 14.9 Å². The van der Waals surface area contributed by atoms with Crippen molar-refractivity contribution in [3.63, 3.8) is 0 Å². The van der Waals surface area contributed by atoms with Crippen LogP contribution in [0.15, 0.2) is 6.07 Å². The van der Waals surface area contributed by atoms with Gasteiger partial charge in [-0.25, -0.2) is 9.97 Å². The Kier molecular flexibility index (Phi) is 4.36. The Balaban J connectivity index is 2.25. The fraction of sp³-hybridized carbons (Fsp3) is 0.692. The maximum Gasteiger partial charge on any atom is 0.134 e. The highest BCUT2D eigenvalue weighted by Gasteiger charge is 2.23. The minimum atomic E-state index is 0.141. The third-order valence-corrected chi connectivity index (χ3v) is 3.50. The molecule has 0 spiro atoms. The van der Waals surface area contributed by atoms with Crippen molar-refractivity contribution in [2.45, 2.75) is 45.1 Å². The Morgan fingerprint density at radius 2 is 2.11 bits per heavy atom. The van der Waals surface area contributed by atoms with Crippen LogP contribution in [0.2, 0.25) is 0 Å². The minimum absolute atomic E-state index is 0.141. The van der Waals surface area contributed by atoms with E-state index in [-0.39, 0.29) is 6.61 Å². The third-order valence-electron chi connectivity index (χ3n) is 3.50. The van der Waals surface area contributed by atoms with Gasteiger partial charge in [0.2, 0.25) is 0 Å². The van der Waals surface area contributed by atoms with Crippen LogP contribution in [0.4, 0.5) is 11.6 Å². The lowest BCUT2D eigenvalue weighted by Gasteiger charge is -2.29. The number of nitrogens with two attached hydrogens (primary N) is 1. The summed E-state index contributed by atoms with van der Waals surface area (Å²) >= 11 is 0. The summed E-state index contributed by atoms with van der Waals surface area (Å²) < 4.78 is 0. The second-order valence-electron chi connectivity index (χ2n) is 4.78. The minimum Gasteiger partial charge on any atom is -0.395 e. The Morgan fingerprint density at radius 1 is 1.39 bits per heavy atom. The molecule has 0 amide bonds. The lowest BCUT2D eigenvalue weighted by atomic mass is 10.2. The first-order valence-electron chi connectivity index (χ1n) is 6.75. The zero-order valence-electron chi connectivity index (χ0n) is 11.0. The van der Waals surface area contributed by atoms with Gasteiger partial charge in [0.05, 0.1) is 6.61 Å². The molecule has 0 radical (unpaired) electrons. The molecule has 0 aliphatic heterocycles. The van der Waals surface area contributed by atoms with E-state index >= 15 is 0 Å². The highest BCUT2D eigenvalue weighted by molar-refractivity contribution is 5.48. The summed E-state index contributed by atoms with van der Waals surface area (Å²) in [6.45, 7) is 2.77. The van der Waals surface area contributed by atoms with E-state index < -0.39 is 0 Å². The van der Waals surface area contributed by atoms with Crippen molar-refractivity contribution in [1.29, 1.82) is 0 Å². The summed E-state index contributed by atoms with van der Waals surface area (Å²) in [7, 11) is 0. The highest BCUT2D eigenvalue weighted by atomic mass is 16.3. The van der Waals surface area contributed by atoms with Gasteiger partial charge in [-0.1, -0.05) is 19.8 Å². The number of aryl methyl sites for hydroxylation is 1. The van der Waals surface area contributed by atoms with Gasteiger partial charge in [-0.15, -0.1) is 0 Å². The SMILES string of the molecule is CCc1nc(N)cc(N(CCO)C2CCCC2)n1. The molecule has 1 heterocycles. The average molecular weight is 250 g/mol. The van der Waals surface area contributed by atoms with Gasteiger partial charge in [0, 0.05) is 25.1 Å². The molecule has 5 heteroatoms. The molecule has 0 atom stereocenters. The maximum absolute atomic E-state index is 9.24. The second-order valence-corrected chi connectivity index (χ2v) is 4.78. The van der Waals surface area contributed by atoms with Crippen molar-refractivity contribution in [3.05, 3.63) is 11.9 Å². The van der Waals surface area contributed by atoms with Crippen LogP contribution in [-0.2, 0) is 6.42 Å². The van der Waals surface area contributed by atoms with E-state index in [1.54, 1.807) is 0 Å². The first-order chi connectivity index (χ1) is 8.74. The first-order valence-corrected chi connectivity index (χ1v) is 6.75. The Hall–Kier alpha value is -1.36. The van der Waals surface area contributed by atoms with Crippen LogP contribution in [0, 0.1) is 0 Å². The number of aromatic nitrogens is 2. The van der Waals surface area contributed by atoms with Gasteiger partial charge in [-0.05, 0) is 12.8 Å². The largest absolute Gasteiger partial charge is 0.395 e. The molecule has 2 rings (SSSR count). The summed E-state index contributed by atoms with van der Waals surface area (Å²) in [5.41, 5.74) is 5.83. The van der Waals surface area contributed by atoms with E-state index in [4.69, 9.17) is 5.73 Å². The smallest absolute Gasteiger partial charge is 0.134 e. The summed E-state index contributed by atoms with van der Waals surface area (Å²) in [5, 5.41) is 9.24. The number of aliphatic hydroxyl groups is 1. The van der Waals surface area contributed by atoms with E-state index in [1.165, 1.54) is 25.7 Å². The van der Waals surface area contributed by atoms with Crippen molar-refractivity contribution < 1.29 is 5.11 Å². The molecule has 5 nitrogen and oxygen atoms in total. The number of aliphatic hydroxyl groups excluding tert-OH is 1.